The second-order valence-electron chi connectivity index (χ2n) is 6.25. The van der Waals surface area contributed by atoms with E-state index >= 15 is 0 Å². The van der Waals surface area contributed by atoms with E-state index in [1.807, 2.05) is 25.1 Å². The predicted molar refractivity (Wildman–Crippen MR) is 88.1 cm³/mol. The molecule has 1 aliphatic rings. The highest BCUT2D eigenvalue weighted by atomic mass is 16.2. The van der Waals surface area contributed by atoms with Gasteiger partial charge in [0.2, 0.25) is 5.91 Å². The number of nitrogens with one attached hydrogen (secondary N) is 1. The number of para-hydroxylation sites is 2. The quantitative estimate of drug-likeness (QED) is 0.837. The first-order valence-electron chi connectivity index (χ1n) is 7.88. The van der Waals surface area contributed by atoms with Crippen molar-refractivity contribution in [1.82, 2.24) is 4.90 Å². The number of nitrogens with zero attached hydrogens (tertiary/aromatic N) is 1. The summed E-state index contributed by atoms with van der Waals surface area (Å²) < 4.78 is 0. The van der Waals surface area contributed by atoms with Gasteiger partial charge in [-0.3, -0.25) is 9.69 Å². The monoisotopic (exact) mass is 289 g/mol. The van der Waals surface area contributed by atoms with E-state index in [4.69, 9.17) is 5.73 Å². The molecule has 3 N–H and O–H groups in total. The number of carbonyl (C=O) groups excluding carboxylic acids is 1. The van der Waals surface area contributed by atoms with Gasteiger partial charge in [0.1, 0.15) is 0 Å². The fraction of sp³-hybridized carbons (Fsp3) is 0.588. The number of carbonyl (C=O) groups is 1. The van der Waals surface area contributed by atoms with Gasteiger partial charge in [-0.1, -0.05) is 31.9 Å². The Morgan fingerprint density at radius 2 is 2.00 bits per heavy atom. The SMILES string of the molecule is CC1CCCCC1N(C)C(C)C(=O)Nc1ccccc1N. The summed E-state index contributed by atoms with van der Waals surface area (Å²) in [5.41, 5.74) is 7.18. The number of nitrogen functional groups attached to an aromatic ring is 1. The van der Waals surface area contributed by atoms with Gasteiger partial charge in [-0.05, 0) is 44.9 Å². The van der Waals surface area contributed by atoms with Crippen LogP contribution in [0.3, 0.4) is 0 Å². The van der Waals surface area contributed by atoms with Crippen molar-refractivity contribution in [3.05, 3.63) is 24.3 Å². The van der Waals surface area contributed by atoms with Crippen LogP contribution < -0.4 is 11.1 Å². The van der Waals surface area contributed by atoms with E-state index in [9.17, 15) is 4.79 Å². The topological polar surface area (TPSA) is 58.4 Å². The van der Waals surface area contributed by atoms with Crippen molar-refractivity contribution in [3.63, 3.8) is 0 Å². The van der Waals surface area contributed by atoms with Gasteiger partial charge in [0.15, 0.2) is 0 Å². The summed E-state index contributed by atoms with van der Waals surface area (Å²) in [5, 5.41) is 2.94. The molecule has 1 amide bonds. The van der Waals surface area contributed by atoms with Gasteiger partial charge in [-0.15, -0.1) is 0 Å². The molecule has 0 saturated heterocycles. The maximum Gasteiger partial charge on any atom is 0.241 e. The summed E-state index contributed by atoms with van der Waals surface area (Å²) in [4.78, 5) is 14.7. The lowest BCUT2D eigenvalue weighted by Gasteiger charge is -2.39. The van der Waals surface area contributed by atoms with Crippen LogP contribution in [0.5, 0.6) is 0 Å². The van der Waals surface area contributed by atoms with Gasteiger partial charge in [-0.2, -0.15) is 0 Å². The molecule has 0 aliphatic heterocycles. The molecule has 3 unspecified atom stereocenters. The molecule has 0 aromatic heterocycles. The molecule has 1 aromatic rings. The number of likely N-dealkylation sites (N-methyl/N-ethyl adjacent to an activating group) is 1. The first-order chi connectivity index (χ1) is 10.0. The normalized spacial score (nSPS) is 23.8. The Bertz CT molecular complexity index is 489. The minimum Gasteiger partial charge on any atom is -0.397 e. The molecular formula is C17H27N3O. The van der Waals surface area contributed by atoms with Gasteiger partial charge in [0.25, 0.3) is 0 Å². The average molecular weight is 289 g/mol. The van der Waals surface area contributed by atoms with E-state index in [2.05, 4.69) is 24.2 Å². The van der Waals surface area contributed by atoms with Crippen LogP contribution in [0.4, 0.5) is 11.4 Å². The smallest absolute Gasteiger partial charge is 0.241 e. The first-order valence-corrected chi connectivity index (χ1v) is 7.88. The molecule has 0 bridgehead atoms. The predicted octanol–water partition coefficient (Wildman–Crippen LogP) is 3.11. The number of hydrogen-bond acceptors (Lipinski definition) is 3. The van der Waals surface area contributed by atoms with Crippen molar-refractivity contribution in [2.45, 2.75) is 51.6 Å². The second-order valence-corrected chi connectivity index (χ2v) is 6.25. The lowest BCUT2D eigenvalue weighted by Crippen LogP contribution is -2.48. The maximum absolute atomic E-state index is 12.4. The van der Waals surface area contributed by atoms with Crippen LogP contribution in [0.2, 0.25) is 0 Å². The van der Waals surface area contributed by atoms with Crippen molar-refractivity contribution in [2.24, 2.45) is 5.92 Å². The molecule has 4 nitrogen and oxygen atoms in total. The largest absolute Gasteiger partial charge is 0.397 e. The molecule has 1 fully saturated rings. The van der Waals surface area contributed by atoms with Crippen LogP contribution in [0.25, 0.3) is 0 Å². The van der Waals surface area contributed by atoms with E-state index in [0.717, 1.165) is 0 Å². The van der Waals surface area contributed by atoms with Crippen molar-refractivity contribution < 1.29 is 4.79 Å². The molecule has 0 spiro atoms. The molecule has 1 aliphatic carbocycles. The summed E-state index contributed by atoms with van der Waals surface area (Å²) in [6.45, 7) is 4.26. The molecule has 1 saturated carbocycles. The van der Waals surface area contributed by atoms with Gasteiger partial charge in [-0.25, -0.2) is 0 Å². The Morgan fingerprint density at radius 1 is 1.33 bits per heavy atom. The van der Waals surface area contributed by atoms with Crippen LogP contribution in [-0.4, -0.2) is 29.9 Å². The fourth-order valence-corrected chi connectivity index (χ4v) is 3.22. The molecule has 116 valence electrons. The Morgan fingerprint density at radius 3 is 2.67 bits per heavy atom. The highest BCUT2D eigenvalue weighted by Crippen LogP contribution is 2.28. The van der Waals surface area contributed by atoms with Gasteiger partial charge >= 0.3 is 0 Å². The molecule has 1 aromatic carbocycles. The van der Waals surface area contributed by atoms with Gasteiger partial charge in [0.05, 0.1) is 17.4 Å². The Hall–Kier alpha value is -1.55. The van der Waals surface area contributed by atoms with E-state index < -0.39 is 0 Å². The molecule has 0 radical (unpaired) electrons. The molecule has 4 heteroatoms. The van der Waals surface area contributed by atoms with Crippen molar-refractivity contribution >= 4 is 17.3 Å². The first kappa shape index (κ1) is 15.8. The van der Waals surface area contributed by atoms with Crippen LogP contribution in [-0.2, 0) is 4.79 Å². The Labute approximate surface area is 127 Å². The second kappa shape index (κ2) is 6.94. The third-order valence-electron chi connectivity index (χ3n) is 4.80. The zero-order valence-corrected chi connectivity index (χ0v) is 13.3. The van der Waals surface area contributed by atoms with Gasteiger partial charge in [0, 0.05) is 6.04 Å². The number of benzene rings is 1. The Balaban J connectivity index is 2.00. The summed E-state index contributed by atoms with van der Waals surface area (Å²) in [6.07, 6.45) is 5.02. The average Bonchev–Trinajstić information content (AvgIpc) is 2.48. The minimum absolute atomic E-state index is 0.00757. The Kier molecular flexibility index (Phi) is 5.23. The third kappa shape index (κ3) is 3.76. The number of anilines is 2. The van der Waals surface area contributed by atoms with Crippen LogP contribution in [0, 0.1) is 5.92 Å². The number of nitrogens with two attached hydrogens (primary N) is 1. The fourth-order valence-electron chi connectivity index (χ4n) is 3.22. The molecule has 2 rings (SSSR count). The van der Waals surface area contributed by atoms with E-state index in [-0.39, 0.29) is 11.9 Å². The number of amides is 1. The highest BCUT2D eigenvalue weighted by Gasteiger charge is 2.30. The lowest BCUT2D eigenvalue weighted by atomic mass is 9.84. The van der Waals surface area contributed by atoms with E-state index in [0.29, 0.717) is 23.3 Å². The van der Waals surface area contributed by atoms with E-state index in [1.165, 1.54) is 25.7 Å². The van der Waals surface area contributed by atoms with Gasteiger partial charge < -0.3 is 11.1 Å². The van der Waals surface area contributed by atoms with Crippen molar-refractivity contribution in [3.8, 4) is 0 Å². The van der Waals surface area contributed by atoms with Crippen molar-refractivity contribution in [2.75, 3.05) is 18.1 Å². The summed E-state index contributed by atoms with van der Waals surface area (Å²) >= 11 is 0. The summed E-state index contributed by atoms with van der Waals surface area (Å²) in [6, 6.07) is 7.72. The number of rotatable bonds is 4. The standard InChI is InChI=1S/C17H27N3O/c1-12-8-4-7-11-16(12)20(3)13(2)17(21)19-15-10-6-5-9-14(15)18/h5-6,9-10,12-13,16H,4,7-8,11,18H2,1-3H3,(H,19,21). The van der Waals surface area contributed by atoms with Crippen LogP contribution >= 0.6 is 0 Å². The highest BCUT2D eigenvalue weighted by molar-refractivity contribution is 5.97. The minimum atomic E-state index is -0.157. The summed E-state index contributed by atoms with van der Waals surface area (Å²) in [5.74, 6) is 0.661. The van der Waals surface area contributed by atoms with Crippen molar-refractivity contribution in [1.29, 1.82) is 0 Å². The molecule has 21 heavy (non-hydrogen) atoms. The molecular weight excluding hydrogens is 262 g/mol. The zero-order chi connectivity index (χ0) is 15.4. The zero-order valence-electron chi connectivity index (χ0n) is 13.3. The van der Waals surface area contributed by atoms with Crippen LogP contribution in [0.15, 0.2) is 24.3 Å². The summed E-state index contributed by atoms with van der Waals surface area (Å²) in [7, 11) is 2.06. The lowest BCUT2D eigenvalue weighted by molar-refractivity contribution is -0.121. The van der Waals surface area contributed by atoms with E-state index in [1.54, 1.807) is 6.07 Å². The molecule has 0 heterocycles. The van der Waals surface area contributed by atoms with Crippen LogP contribution in [0.1, 0.15) is 39.5 Å². The molecule has 3 atom stereocenters. The maximum atomic E-state index is 12.4. The third-order valence-corrected chi connectivity index (χ3v) is 4.80. The number of hydrogen-bond donors (Lipinski definition) is 2.